The summed E-state index contributed by atoms with van der Waals surface area (Å²) in [5.74, 6) is -2.57. The van der Waals surface area contributed by atoms with Crippen LogP contribution in [0.15, 0.2) is 0 Å². The molecule has 2 atom stereocenters. The van der Waals surface area contributed by atoms with E-state index in [0.717, 1.165) is 4.68 Å². The maximum Gasteiger partial charge on any atom is 0.408 e. The Morgan fingerprint density at radius 3 is 2.32 bits per heavy atom. The molecule has 1 aromatic rings. The monoisotopic (exact) mass is 321 g/mol. The third kappa shape index (κ3) is 4.22. The van der Waals surface area contributed by atoms with E-state index in [9.17, 15) is 22.8 Å². The summed E-state index contributed by atoms with van der Waals surface area (Å²) in [5, 5.41) is 14.9. The number of nitrogens with one attached hydrogen (secondary N) is 1. The number of rotatable bonds is 5. The smallest absolute Gasteiger partial charge is 0.408 e. The summed E-state index contributed by atoms with van der Waals surface area (Å²) in [4.78, 5) is 22.8. The van der Waals surface area contributed by atoms with E-state index in [1.165, 1.54) is 27.7 Å². The summed E-state index contributed by atoms with van der Waals surface area (Å²) in [6, 6.07) is -1.08. The molecule has 0 saturated carbocycles. The van der Waals surface area contributed by atoms with Gasteiger partial charge in [0.15, 0.2) is 0 Å². The van der Waals surface area contributed by atoms with Gasteiger partial charge in [-0.05, 0) is 27.7 Å². The quantitative estimate of drug-likeness (QED) is 0.865. The molecule has 6 nitrogen and oxygen atoms in total. The Morgan fingerprint density at radius 2 is 1.86 bits per heavy atom. The Kier molecular flexibility index (Phi) is 5.21. The topological polar surface area (TPSA) is 84.2 Å². The molecule has 1 heterocycles. The van der Waals surface area contributed by atoms with Crippen LogP contribution >= 0.6 is 0 Å². The van der Waals surface area contributed by atoms with Crippen molar-refractivity contribution in [2.45, 2.75) is 52.4 Å². The number of aromatic nitrogens is 2. The first-order valence-electron chi connectivity index (χ1n) is 6.58. The molecule has 22 heavy (non-hydrogen) atoms. The maximum atomic E-state index is 12.5. The molecule has 0 aliphatic rings. The molecule has 2 N–H and O–H groups in total. The zero-order chi connectivity index (χ0) is 17.2. The summed E-state index contributed by atoms with van der Waals surface area (Å²) in [6.07, 6.45) is -4.41. The summed E-state index contributed by atoms with van der Waals surface area (Å²) >= 11 is 0. The first-order chi connectivity index (χ1) is 9.94. The molecule has 1 amide bonds. The largest absolute Gasteiger partial charge is 0.480 e. The molecule has 124 valence electrons. The number of carboxylic acid groups (broad SMARTS) is 1. The first kappa shape index (κ1) is 18.0. The lowest BCUT2D eigenvalue weighted by molar-refractivity contribution is -0.143. The number of alkyl halides is 3. The van der Waals surface area contributed by atoms with Gasteiger partial charge in [-0.15, -0.1) is 0 Å². The first-order valence-corrected chi connectivity index (χ1v) is 6.58. The number of nitrogens with zero attached hydrogens (tertiary/aromatic N) is 2. The highest BCUT2D eigenvalue weighted by Crippen LogP contribution is 2.26. The van der Waals surface area contributed by atoms with Gasteiger partial charge >= 0.3 is 12.1 Å². The van der Waals surface area contributed by atoms with Crippen LogP contribution in [0.3, 0.4) is 0 Å². The Balaban J connectivity index is 3.01. The Morgan fingerprint density at radius 1 is 1.32 bits per heavy atom. The van der Waals surface area contributed by atoms with E-state index in [2.05, 4.69) is 10.4 Å². The van der Waals surface area contributed by atoms with Gasteiger partial charge < -0.3 is 10.4 Å². The summed E-state index contributed by atoms with van der Waals surface area (Å²) in [5.41, 5.74) is 0.923. The van der Waals surface area contributed by atoms with E-state index in [4.69, 9.17) is 5.11 Å². The number of aliphatic carboxylic acids is 1. The number of amides is 1. The number of hydrogen-bond donors (Lipinski definition) is 2. The molecule has 9 heteroatoms. The summed E-state index contributed by atoms with van der Waals surface area (Å²) in [7, 11) is 0. The van der Waals surface area contributed by atoms with Crippen molar-refractivity contribution in [1.29, 1.82) is 0 Å². The van der Waals surface area contributed by atoms with Crippen LogP contribution in [0.4, 0.5) is 13.2 Å². The van der Waals surface area contributed by atoms with Gasteiger partial charge in [-0.3, -0.25) is 14.3 Å². The minimum atomic E-state index is -4.41. The molecule has 0 spiro atoms. The number of aryl methyl sites for hydroxylation is 1. The average molecular weight is 321 g/mol. The highest BCUT2D eigenvalue weighted by Gasteiger charge is 2.32. The lowest BCUT2D eigenvalue weighted by Gasteiger charge is -2.16. The lowest BCUT2D eigenvalue weighted by Crippen LogP contribution is -2.40. The molecule has 0 fully saturated rings. The highest BCUT2D eigenvalue weighted by molar-refractivity contribution is 5.88. The number of carboxylic acids is 1. The van der Waals surface area contributed by atoms with Crippen LogP contribution in [0.25, 0.3) is 0 Å². The standard InChI is InChI=1S/C13H18F3N3O3/c1-6(11(20)17-8(3)12(21)22)10-7(2)18-19(9(10)4)5-13(14,15)16/h6,8H,5H2,1-4H3,(H,17,20)(H,21,22)/t6?,8-/m1/s1. The predicted octanol–water partition coefficient (Wildman–Crippen LogP) is 1.76. The number of hydrogen-bond acceptors (Lipinski definition) is 3. The SMILES string of the molecule is Cc1nn(CC(F)(F)F)c(C)c1C(C)C(=O)N[C@H](C)C(=O)O. The number of carbonyl (C=O) groups excluding carboxylic acids is 1. The van der Waals surface area contributed by atoms with Gasteiger partial charge in [-0.2, -0.15) is 18.3 Å². The van der Waals surface area contributed by atoms with Crippen molar-refractivity contribution in [2.75, 3.05) is 0 Å². The predicted molar refractivity (Wildman–Crippen MR) is 71.4 cm³/mol. The Labute approximate surface area is 125 Å². The van der Waals surface area contributed by atoms with E-state index < -0.39 is 36.6 Å². The second-order valence-electron chi connectivity index (χ2n) is 5.15. The molecule has 0 aliphatic heterocycles. The van der Waals surface area contributed by atoms with E-state index in [-0.39, 0.29) is 5.69 Å². The van der Waals surface area contributed by atoms with E-state index in [1.54, 1.807) is 0 Å². The van der Waals surface area contributed by atoms with Crippen molar-refractivity contribution in [1.82, 2.24) is 15.1 Å². The lowest BCUT2D eigenvalue weighted by atomic mass is 9.98. The molecular weight excluding hydrogens is 303 g/mol. The number of carbonyl (C=O) groups is 2. The van der Waals surface area contributed by atoms with E-state index in [1.807, 2.05) is 0 Å². The van der Waals surface area contributed by atoms with Crippen molar-refractivity contribution in [2.24, 2.45) is 0 Å². The van der Waals surface area contributed by atoms with E-state index >= 15 is 0 Å². The molecular formula is C13H18F3N3O3. The van der Waals surface area contributed by atoms with Crippen LogP contribution in [0.1, 0.15) is 36.7 Å². The van der Waals surface area contributed by atoms with Gasteiger partial charge in [0.2, 0.25) is 5.91 Å². The highest BCUT2D eigenvalue weighted by atomic mass is 19.4. The van der Waals surface area contributed by atoms with Gasteiger partial charge in [0.25, 0.3) is 0 Å². The second-order valence-corrected chi connectivity index (χ2v) is 5.15. The molecule has 0 saturated heterocycles. The third-order valence-electron chi connectivity index (χ3n) is 3.32. The molecule has 1 rings (SSSR count). The zero-order valence-corrected chi connectivity index (χ0v) is 12.7. The van der Waals surface area contributed by atoms with Gasteiger partial charge in [0, 0.05) is 11.3 Å². The van der Waals surface area contributed by atoms with Crippen LogP contribution in [-0.2, 0) is 16.1 Å². The van der Waals surface area contributed by atoms with Crippen LogP contribution < -0.4 is 5.32 Å². The van der Waals surface area contributed by atoms with Crippen LogP contribution in [0.2, 0.25) is 0 Å². The van der Waals surface area contributed by atoms with Crippen molar-refractivity contribution in [3.8, 4) is 0 Å². The molecule has 1 aromatic heterocycles. The fourth-order valence-electron chi connectivity index (χ4n) is 2.19. The molecule has 0 aliphatic carbocycles. The van der Waals surface area contributed by atoms with Crippen LogP contribution in [0.5, 0.6) is 0 Å². The van der Waals surface area contributed by atoms with Crippen LogP contribution in [0, 0.1) is 13.8 Å². The fourth-order valence-corrected chi connectivity index (χ4v) is 2.19. The van der Waals surface area contributed by atoms with E-state index in [0.29, 0.717) is 11.3 Å². The van der Waals surface area contributed by atoms with Crippen LogP contribution in [-0.4, -0.2) is 39.0 Å². The zero-order valence-electron chi connectivity index (χ0n) is 12.7. The Bertz CT molecular complexity index is 581. The minimum Gasteiger partial charge on any atom is -0.480 e. The normalized spacial score (nSPS) is 14.5. The van der Waals surface area contributed by atoms with Crippen molar-refractivity contribution in [3.63, 3.8) is 0 Å². The van der Waals surface area contributed by atoms with Gasteiger partial charge in [0.1, 0.15) is 12.6 Å². The average Bonchev–Trinajstić information content (AvgIpc) is 2.61. The maximum absolute atomic E-state index is 12.5. The molecule has 0 bridgehead atoms. The minimum absolute atomic E-state index is 0.237. The summed E-state index contributed by atoms with van der Waals surface area (Å²) < 4.78 is 38.2. The van der Waals surface area contributed by atoms with Gasteiger partial charge in [-0.1, -0.05) is 0 Å². The van der Waals surface area contributed by atoms with Gasteiger partial charge in [-0.25, -0.2) is 0 Å². The van der Waals surface area contributed by atoms with Crippen molar-refractivity contribution < 1.29 is 27.9 Å². The summed E-state index contributed by atoms with van der Waals surface area (Å²) in [6.45, 7) is 4.53. The molecule has 1 unspecified atom stereocenters. The fraction of sp³-hybridized carbons (Fsp3) is 0.615. The molecule has 0 radical (unpaired) electrons. The Hall–Kier alpha value is -2.06. The molecule has 0 aromatic carbocycles. The van der Waals surface area contributed by atoms with Gasteiger partial charge in [0.05, 0.1) is 11.6 Å². The second kappa shape index (κ2) is 6.37. The number of halogens is 3. The third-order valence-corrected chi connectivity index (χ3v) is 3.32. The van der Waals surface area contributed by atoms with Crippen molar-refractivity contribution in [3.05, 3.63) is 17.0 Å². The van der Waals surface area contributed by atoms with Crippen molar-refractivity contribution >= 4 is 11.9 Å².